The third-order valence-corrected chi connectivity index (χ3v) is 6.32. The number of hydrogen-bond acceptors (Lipinski definition) is 3. The highest BCUT2D eigenvalue weighted by molar-refractivity contribution is 14.1. The zero-order valence-electron chi connectivity index (χ0n) is 10.9. The van der Waals surface area contributed by atoms with Crippen LogP contribution in [0.25, 0.3) is 0 Å². The first-order valence-electron chi connectivity index (χ1n) is 6.18. The van der Waals surface area contributed by atoms with Crippen LogP contribution in [0.15, 0.2) is 42.5 Å². The van der Waals surface area contributed by atoms with Crippen LogP contribution in [0.1, 0.15) is 10.4 Å². The fourth-order valence-electron chi connectivity index (χ4n) is 1.68. The number of nitrogens with one attached hydrogen (secondary N) is 1. The van der Waals surface area contributed by atoms with E-state index in [1.165, 1.54) is 0 Å². The van der Waals surface area contributed by atoms with Crippen molar-refractivity contribution in [2.75, 3.05) is 18.5 Å². The zero-order chi connectivity index (χ0) is 15.2. The van der Waals surface area contributed by atoms with Gasteiger partial charge in [0.1, 0.15) is 6.61 Å². The van der Waals surface area contributed by atoms with Crippen LogP contribution in [0.5, 0.6) is 0 Å². The van der Waals surface area contributed by atoms with Crippen LogP contribution in [-0.4, -0.2) is 19.1 Å². The largest absolute Gasteiger partial charge is 0.460 e. The zero-order valence-corrected chi connectivity index (χ0v) is 17.4. The molecule has 0 saturated heterocycles. The van der Waals surface area contributed by atoms with Crippen LogP contribution in [-0.2, 0) is 4.74 Å². The second-order valence-corrected chi connectivity index (χ2v) is 7.66. The number of para-hydroxylation sites is 1. The predicted octanol–water partition coefficient (Wildman–Crippen LogP) is 4.77. The number of anilines is 1. The molecule has 2 aromatic rings. The third-order valence-electron chi connectivity index (χ3n) is 2.65. The molecule has 0 aliphatic carbocycles. The minimum Gasteiger partial charge on any atom is -0.460 e. The van der Waals surface area contributed by atoms with Crippen LogP contribution in [0, 0.1) is 10.7 Å². The third kappa shape index (κ3) is 5.23. The highest BCUT2D eigenvalue weighted by atomic mass is 127. The summed E-state index contributed by atoms with van der Waals surface area (Å²) in [5, 5.41) is 3.21. The fourth-order valence-corrected chi connectivity index (χ4v) is 4.05. The molecule has 110 valence electrons. The van der Waals surface area contributed by atoms with Gasteiger partial charge in [-0.25, -0.2) is 4.79 Å². The minimum absolute atomic E-state index is 0.273. The lowest BCUT2D eigenvalue weighted by Crippen LogP contribution is -2.15. The molecule has 2 rings (SSSR count). The lowest BCUT2D eigenvalue weighted by molar-refractivity contribution is 0.0519. The maximum Gasteiger partial charge on any atom is 0.339 e. The van der Waals surface area contributed by atoms with Gasteiger partial charge < -0.3 is 10.1 Å². The molecule has 0 radical (unpaired) electrons. The van der Waals surface area contributed by atoms with Gasteiger partial charge in [-0.3, -0.25) is 0 Å². The maximum atomic E-state index is 12.1. The Kier molecular flexibility index (Phi) is 6.99. The first-order chi connectivity index (χ1) is 10.1. The second kappa shape index (κ2) is 8.51. The van der Waals surface area contributed by atoms with Crippen LogP contribution in [0.2, 0.25) is 0 Å². The Morgan fingerprint density at radius 1 is 1.10 bits per heavy atom. The number of carbonyl (C=O) groups is 1. The van der Waals surface area contributed by atoms with Gasteiger partial charge >= 0.3 is 5.97 Å². The predicted molar refractivity (Wildman–Crippen MR) is 110 cm³/mol. The number of carbonyl (C=O) groups excluding carboxylic acids is 1. The topological polar surface area (TPSA) is 38.3 Å². The van der Waals surface area contributed by atoms with E-state index in [-0.39, 0.29) is 5.97 Å². The van der Waals surface area contributed by atoms with Gasteiger partial charge in [-0.15, -0.1) is 0 Å². The summed E-state index contributed by atoms with van der Waals surface area (Å²) in [5.41, 5.74) is 1.65. The summed E-state index contributed by atoms with van der Waals surface area (Å²) in [7, 11) is 0. The van der Waals surface area contributed by atoms with Crippen molar-refractivity contribution in [3.63, 3.8) is 0 Å². The molecule has 0 aromatic heterocycles. The molecular formula is C15H12I3NO2. The maximum absolute atomic E-state index is 12.1. The molecular weight excluding hydrogens is 607 g/mol. The van der Waals surface area contributed by atoms with Gasteiger partial charge in [-0.1, -0.05) is 18.2 Å². The van der Waals surface area contributed by atoms with E-state index in [1.54, 1.807) is 0 Å². The molecule has 1 N–H and O–H groups in total. The number of halogens is 3. The van der Waals surface area contributed by atoms with E-state index in [1.807, 2.05) is 42.5 Å². The smallest absolute Gasteiger partial charge is 0.339 e. The van der Waals surface area contributed by atoms with Crippen LogP contribution in [0.3, 0.4) is 0 Å². The molecule has 0 unspecified atom stereocenters. The van der Waals surface area contributed by atoms with Crippen LogP contribution < -0.4 is 5.32 Å². The molecule has 0 saturated carbocycles. The Morgan fingerprint density at radius 3 is 2.52 bits per heavy atom. The van der Waals surface area contributed by atoms with Gasteiger partial charge in [0.15, 0.2) is 0 Å². The fraction of sp³-hybridized carbons (Fsp3) is 0.133. The number of hydrogen-bond donors (Lipinski definition) is 1. The second-order valence-electron chi connectivity index (χ2n) is 4.18. The van der Waals surface area contributed by atoms with Crippen LogP contribution >= 0.6 is 67.8 Å². The van der Waals surface area contributed by atoms with Crippen molar-refractivity contribution in [1.82, 2.24) is 0 Å². The van der Waals surface area contributed by atoms with E-state index in [9.17, 15) is 4.79 Å². The van der Waals surface area contributed by atoms with Gasteiger partial charge in [0.25, 0.3) is 0 Å². The van der Waals surface area contributed by atoms with Gasteiger partial charge in [0, 0.05) is 22.9 Å². The van der Waals surface area contributed by atoms with E-state index in [0.29, 0.717) is 18.7 Å². The van der Waals surface area contributed by atoms with Crippen molar-refractivity contribution >= 4 is 79.4 Å². The van der Waals surface area contributed by atoms with Crippen molar-refractivity contribution in [2.24, 2.45) is 0 Å². The molecule has 0 atom stereocenters. The van der Waals surface area contributed by atoms with E-state index in [0.717, 1.165) is 16.4 Å². The van der Waals surface area contributed by atoms with Crippen molar-refractivity contribution in [3.8, 4) is 0 Å². The molecule has 0 bridgehead atoms. The van der Waals surface area contributed by atoms with Crippen molar-refractivity contribution < 1.29 is 9.53 Å². The number of benzene rings is 2. The normalized spacial score (nSPS) is 10.2. The lowest BCUT2D eigenvalue weighted by Gasteiger charge is -2.09. The molecule has 6 heteroatoms. The van der Waals surface area contributed by atoms with E-state index < -0.39 is 0 Å². The first kappa shape index (κ1) is 17.3. The van der Waals surface area contributed by atoms with Crippen molar-refractivity contribution in [1.29, 1.82) is 0 Å². The number of esters is 1. The van der Waals surface area contributed by atoms with Gasteiger partial charge in [-0.05, 0) is 92.0 Å². The van der Waals surface area contributed by atoms with E-state index in [2.05, 4.69) is 73.1 Å². The number of rotatable bonds is 5. The molecule has 0 heterocycles. The monoisotopic (exact) mass is 619 g/mol. The summed E-state index contributed by atoms with van der Waals surface area (Å²) in [6.07, 6.45) is 0. The molecule has 0 aliphatic rings. The Hall–Kier alpha value is -0.1000. The van der Waals surface area contributed by atoms with E-state index in [4.69, 9.17) is 4.74 Å². The Balaban J connectivity index is 1.88. The van der Waals surface area contributed by atoms with Gasteiger partial charge in [-0.2, -0.15) is 0 Å². The summed E-state index contributed by atoms with van der Waals surface area (Å²) in [4.78, 5) is 12.1. The summed E-state index contributed by atoms with van der Waals surface area (Å²) in [6, 6.07) is 13.7. The first-order valence-corrected chi connectivity index (χ1v) is 9.42. The SMILES string of the molecule is O=C(OCCNc1ccccc1)c1cc(I)cc(I)c1I. The lowest BCUT2D eigenvalue weighted by atomic mass is 10.2. The average Bonchev–Trinajstić information content (AvgIpc) is 2.48. The highest BCUT2D eigenvalue weighted by Crippen LogP contribution is 2.23. The Bertz CT molecular complexity index is 632. The summed E-state index contributed by atoms with van der Waals surface area (Å²) < 4.78 is 8.37. The Labute approximate surface area is 164 Å². The molecule has 3 nitrogen and oxygen atoms in total. The average molecular weight is 619 g/mol. The Morgan fingerprint density at radius 2 is 1.81 bits per heavy atom. The van der Waals surface area contributed by atoms with Crippen molar-refractivity contribution in [2.45, 2.75) is 0 Å². The molecule has 0 spiro atoms. The van der Waals surface area contributed by atoms with E-state index >= 15 is 0 Å². The summed E-state index contributed by atoms with van der Waals surface area (Å²) >= 11 is 6.61. The molecule has 0 amide bonds. The van der Waals surface area contributed by atoms with Crippen molar-refractivity contribution in [3.05, 3.63) is 58.7 Å². The minimum atomic E-state index is -0.273. The molecule has 0 aliphatic heterocycles. The number of ether oxygens (including phenoxy) is 1. The molecule has 21 heavy (non-hydrogen) atoms. The summed E-state index contributed by atoms with van der Waals surface area (Å²) in [5.74, 6) is -0.273. The van der Waals surface area contributed by atoms with Gasteiger partial charge in [0.05, 0.1) is 5.56 Å². The van der Waals surface area contributed by atoms with Gasteiger partial charge in [0.2, 0.25) is 0 Å². The molecule has 2 aromatic carbocycles. The highest BCUT2D eigenvalue weighted by Gasteiger charge is 2.14. The molecule has 0 fully saturated rings. The van der Waals surface area contributed by atoms with Crippen LogP contribution in [0.4, 0.5) is 5.69 Å². The summed E-state index contributed by atoms with van der Waals surface area (Å²) in [6.45, 7) is 0.930. The standard InChI is InChI=1S/C15H12I3NO2/c16-10-8-12(14(18)13(17)9-10)15(20)21-7-6-19-11-4-2-1-3-5-11/h1-5,8-9,19H,6-7H2. The quantitative estimate of drug-likeness (QED) is 0.227.